The summed E-state index contributed by atoms with van der Waals surface area (Å²) in [6.45, 7) is 2.73. The lowest BCUT2D eigenvalue weighted by atomic mass is 9.93. The molecule has 3 aromatic carbocycles. The summed E-state index contributed by atoms with van der Waals surface area (Å²) >= 11 is 6.72. The molecule has 6 rings (SSSR count). The molecular formula is C34H35ClN4O3. The lowest BCUT2D eigenvalue weighted by Gasteiger charge is -2.35. The van der Waals surface area contributed by atoms with Crippen LogP contribution in [0.5, 0.6) is 0 Å². The van der Waals surface area contributed by atoms with Crippen LogP contribution in [-0.4, -0.2) is 39.5 Å². The smallest absolute Gasteiger partial charge is 0.411 e. The Morgan fingerprint density at radius 2 is 1.83 bits per heavy atom. The van der Waals surface area contributed by atoms with Crippen molar-refractivity contribution in [2.24, 2.45) is 0 Å². The Labute approximate surface area is 251 Å². The van der Waals surface area contributed by atoms with Crippen molar-refractivity contribution < 1.29 is 14.3 Å². The van der Waals surface area contributed by atoms with Crippen molar-refractivity contribution in [2.45, 2.75) is 64.0 Å². The van der Waals surface area contributed by atoms with Gasteiger partial charge in [0.15, 0.2) is 0 Å². The number of carbonyl (C=O) groups is 2. The highest BCUT2D eigenvalue weighted by atomic mass is 35.5. The number of aromatic nitrogens is 2. The third-order valence-corrected chi connectivity index (χ3v) is 8.59. The highest BCUT2D eigenvalue weighted by Crippen LogP contribution is 2.34. The minimum atomic E-state index is -0.433. The molecule has 1 aromatic heterocycles. The normalized spacial score (nSPS) is 15.9. The number of aromatic amines is 1. The number of amides is 2. The number of carbonyl (C=O) groups excluding carboxylic acids is 2. The number of imidazole rings is 1. The third kappa shape index (κ3) is 6.07. The maximum absolute atomic E-state index is 13.8. The Balaban J connectivity index is 1.25. The van der Waals surface area contributed by atoms with Crippen molar-refractivity contribution in [3.05, 3.63) is 106 Å². The topological polar surface area (TPSA) is 87.3 Å². The molecule has 2 heterocycles. The summed E-state index contributed by atoms with van der Waals surface area (Å²) < 4.78 is 5.51. The van der Waals surface area contributed by atoms with Gasteiger partial charge in [-0.25, -0.2) is 9.78 Å². The van der Waals surface area contributed by atoms with Crippen LogP contribution in [0.3, 0.4) is 0 Å². The van der Waals surface area contributed by atoms with Gasteiger partial charge in [0.1, 0.15) is 22.8 Å². The zero-order valence-corrected chi connectivity index (χ0v) is 24.5. The fraction of sp³-hybridized carbons (Fsp3) is 0.324. The predicted octanol–water partition coefficient (Wildman–Crippen LogP) is 7.77. The van der Waals surface area contributed by atoms with Gasteiger partial charge in [-0.15, -0.1) is 0 Å². The van der Waals surface area contributed by atoms with Crippen LogP contribution in [0.1, 0.15) is 71.5 Å². The number of aryl methyl sites for hydroxylation is 1. The number of hydrogen-bond donors (Lipinski definition) is 2. The number of benzene rings is 3. The number of halogens is 1. The molecule has 1 unspecified atom stereocenters. The van der Waals surface area contributed by atoms with Gasteiger partial charge >= 0.3 is 6.09 Å². The summed E-state index contributed by atoms with van der Waals surface area (Å²) in [5, 5.41) is 3.21. The Bertz CT molecular complexity index is 1560. The van der Waals surface area contributed by atoms with Crippen LogP contribution in [0.25, 0.3) is 11.3 Å². The van der Waals surface area contributed by atoms with Crippen LogP contribution in [0.2, 0.25) is 5.15 Å². The Hall–Kier alpha value is -4.10. The average Bonchev–Trinajstić information content (AvgIpc) is 3.66. The fourth-order valence-corrected chi connectivity index (χ4v) is 6.25. The summed E-state index contributed by atoms with van der Waals surface area (Å²) in [6, 6.07) is 23.3. The molecule has 4 aromatic rings. The second kappa shape index (κ2) is 12.4. The average molecular weight is 583 g/mol. The van der Waals surface area contributed by atoms with E-state index in [2.05, 4.69) is 35.4 Å². The van der Waals surface area contributed by atoms with E-state index >= 15 is 0 Å². The van der Waals surface area contributed by atoms with Gasteiger partial charge in [0.2, 0.25) is 0 Å². The van der Waals surface area contributed by atoms with Crippen LogP contribution < -0.4 is 5.32 Å². The molecule has 1 aliphatic carbocycles. The first-order valence-corrected chi connectivity index (χ1v) is 15.2. The molecule has 1 fully saturated rings. The SMILES string of the molecule is CCc1ccc2c(c1)CCN(C(Cc1ccccc1)c1nc(-c3ccc(NC(=O)OC4CCCC4)cc3)c(Cl)[nH]1)C2=O. The van der Waals surface area contributed by atoms with E-state index in [1.54, 1.807) is 0 Å². The van der Waals surface area contributed by atoms with Crippen molar-refractivity contribution in [1.82, 2.24) is 14.9 Å². The van der Waals surface area contributed by atoms with Gasteiger partial charge in [0, 0.05) is 29.8 Å². The lowest BCUT2D eigenvalue weighted by Crippen LogP contribution is -2.41. The molecule has 42 heavy (non-hydrogen) atoms. The molecule has 0 spiro atoms. The molecule has 1 aliphatic heterocycles. The largest absolute Gasteiger partial charge is 0.446 e. The van der Waals surface area contributed by atoms with Crippen molar-refractivity contribution >= 4 is 29.3 Å². The molecule has 0 bridgehead atoms. The van der Waals surface area contributed by atoms with E-state index in [4.69, 9.17) is 21.3 Å². The molecular weight excluding hydrogens is 548 g/mol. The molecule has 216 valence electrons. The van der Waals surface area contributed by atoms with E-state index in [1.165, 1.54) is 5.56 Å². The molecule has 8 heteroatoms. The van der Waals surface area contributed by atoms with Crippen molar-refractivity contribution in [3.8, 4) is 11.3 Å². The second-order valence-electron chi connectivity index (χ2n) is 11.1. The summed E-state index contributed by atoms with van der Waals surface area (Å²) in [4.78, 5) is 36.2. The van der Waals surface area contributed by atoms with E-state index in [0.29, 0.717) is 35.3 Å². The first-order chi connectivity index (χ1) is 20.5. The number of ether oxygens (including phenoxy) is 1. The third-order valence-electron chi connectivity index (χ3n) is 8.31. The van der Waals surface area contributed by atoms with Crippen molar-refractivity contribution in [3.63, 3.8) is 0 Å². The Kier molecular flexibility index (Phi) is 8.29. The van der Waals surface area contributed by atoms with Crippen LogP contribution in [0, 0.1) is 0 Å². The highest BCUT2D eigenvalue weighted by Gasteiger charge is 2.33. The maximum atomic E-state index is 13.8. The van der Waals surface area contributed by atoms with Crippen LogP contribution in [0.15, 0.2) is 72.8 Å². The lowest BCUT2D eigenvalue weighted by molar-refractivity contribution is 0.0648. The molecule has 0 saturated heterocycles. The van der Waals surface area contributed by atoms with Crippen LogP contribution in [-0.2, 0) is 24.0 Å². The zero-order valence-electron chi connectivity index (χ0n) is 23.7. The number of nitrogens with one attached hydrogen (secondary N) is 2. The standard InChI is InChI=1S/C34H35ClN4O3/c1-2-22-12-17-28-25(20-22)18-19-39(33(28)40)29(21-23-8-4-3-5-9-23)32-37-30(31(35)38-32)24-13-15-26(16-14-24)36-34(41)42-27-10-6-7-11-27/h3-5,8-9,12-17,20,27,29H,2,6-7,10-11,18-19,21H2,1H3,(H,36,41)(H,37,38). The number of anilines is 1. The molecule has 2 amide bonds. The Morgan fingerprint density at radius 3 is 2.57 bits per heavy atom. The van der Waals surface area contributed by atoms with Gasteiger partial charge in [0.25, 0.3) is 5.91 Å². The monoisotopic (exact) mass is 582 g/mol. The number of rotatable bonds is 8. The van der Waals surface area contributed by atoms with E-state index < -0.39 is 6.09 Å². The molecule has 2 aliphatic rings. The van der Waals surface area contributed by atoms with Gasteiger partial charge in [0.05, 0.1) is 6.04 Å². The van der Waals surface area contributed by atoms with Gasteiger partial charge in [-0.3, -0.25) is 10.1 Å². The number of nitrogens with zero attached hydrogens (tertiary/aromatic N) is 2. The first-order valence-electron chi connectivity index (χ1n) is 14.8. The highest BCUT2D eigenvalue weighted by molar-refractivity contribution is 6.31. The molecule has 0 radical (unpaired) electrons. The molecule has 7 nitrogen and oxygen atoms in total. The number of hydrogen-bond acceptors (Lipinski definition) is 4. The minimum absolute atomic E-state index is 0.00321. The second-order valence-corrected chi connectivity index (χ2v) is 11.5. The van der Waals surface area contributed by atoms with E-state index in [-0.39, 0.29) is 18.1 Å². The van der Waals surface area contributed by atoms with Crippen molar-refractivity contribution in [2.75, 3.05) is 11.9 Å². The number of H-pyrrole nitrogens is 1. The van der Waals surface area contributed by atoms with Gasteiger partial charge in [-0.05, 0) is 73.4 Å². The first kappa shape index (κ1) is 28.0. The summed E-state index contributed by atoms with van der Waals surface area (Å²) in [7, 11) is 0. The van der Waals surface area contributed by atoms with Gasteiger partial charge in [-0.1, -0.05) is 73.1 Å². The summed E-state index contributed by atoms with van der Waals surface area (Å²) in [6.07, 6.45) is 5.95. The molecule has 2 N–H and O–H groups in total. The summed E-state index contributed by atoms with van der Waals surface area (Å²) in [5.41, 5.74) is 6.25. The van der Waals surface area contributed by atoms with Crippen LogP contribution in [0.4, 0.5) is 10.5 Å². The quantitative estimate of drug-likeness (QED) is 0.222. The van der Waals surface area contributed by atoms with Gasteiger partial charge in [-0.2, -0.15) is 0 Å². The molecule has 1 atom stereocenters. The van der Waals surface area contributed by atoms with Gasteiger partial charge < -0.3 is 14.6 Å². The van der Waals surface area contributed by atoms with Crippen molar-refractivity contribution in [1.29, 1.82) is 0 Å². The van der Waals surface area contributed by atoms with E-state index in [1.807, 2.05) is 59.5 Å². The van der Waals surface area contributed by atoms with E-state index in [0.717, 1.165) is 60.8 Å². The minimum Gasteiger partial charge on any atom is -0.446 e. The van der Waals surface area contributed by atoms with E-state index in [9.17, 15) is 9.59 Å². The zero-order chi connectivity index (χ0) is 29.1. The maximum Gasteiger partial charge on any atom is 0.411 e. The fourth-order valence-electron chi connectivity index (χ4n) is 6.00. The Morgan fingerprint density at radius 1 is 1.07 bits per heavy atom. The number of fused-ring (bicyclic) bond motifs is 1. The summed E-state index contributed by atoms with van der Waals surface area (Å²) in [5.74, 6) is 0.650. The predicted molar refractivity (Wildman–Crippen MR) is 165 cm³/mol. The molecule has 1 saturated carbocycles. The van der Waals surface area contributed by atoms with Crippen LogP contribution >= 0.6 is 11.6 Å².